The Balaban J connectivity index is 0.00000116. The van der Waals surface area contributed by atoms with E-state index in [2.05, 4.69) is 9.72 Å². The molecule has 0 unspecified atom stereocenters. The lowest BCUT2D eigenvalue weighted by molar-refractivity contribution is 0.0590. The van der Waals surface area contributed by atoms with E-state index in [9.17, 15) is 14.7 Å². The number of esters is 1. The number of pyridine rings is 1. The van der Waals surface area contributed by atoms with E-state index in [4.69, 9.17) is 0 Å². The van der Waals surface area contributed by atoms with Gasteiger partial charge in [-0.2, -0.15) is 0 Å². The molecule has 0 saturated heterocycles. The van der Waals surface area contributed by atoms with E-state index < -0.39 is 17.3 Å². The zero-order chi connectivity index (χ0) is 17.0. The molecular weight excluding hydrogens is 286 g/mol. The van der Waals surface area contributed by atoms with Gasteiger partial charge in [-0.25, -0.2) is 9.78 Å². The molecule has 0 aromatic carbocycles. The van der Waals surface area contributed by atoms with E-state index in [1.54, 1.807) is 13.1 Å². The second-order valence-corrected chi connectivity index (χ2v) is 4.58. The normalized spacial score (nSPS) is 9.91. The number of carbonyl (C=O) groups excluding carboxylic acids is 1. The second kappa shape index (κ2) is 6.93. The molecule has 0 spiro atoms. The van der Waals surface area contributed by atoms with E-state index in [0.717, 1.165) is 12.8 Å². The van der Waals surface area contributed by atoms with Crippen molar-refractivity contribution in [3.8, 4) is 5.75 Å². The van der Waals surface area contributed by atoms with E-state index in [1.165, 1.54) is 4.40 Å². The molecule has 0 amide bonds. The standard InChI is InChI=1S/C13H15N3O4.C2H6/c1-7-5-8(15(2)3)6-16-11(7)14-9(13(19)20-4)10(17)12(16)18;1-2/h5-6,17H,1-4H3;1-2H3. The zero-order valence-corrected chi connectivity index (χ0v) is 13.7. The Morgan fingerprint density at radius 3 is 2.45 bits per heavy atom. The number of aromatic hydroxyl groups is 1. The van der Waals surface area contributed by atoms with E-state index >= 15 is 0 Å². The minimum Gasteiger partial charge on any atom is -0.501 e. The van der Waals surface area contributed by atoms with Crippen LogP contribution in [0.3, 0.4) is 0 Å². The lowest BCUT2D eigenvalue weighted by Crippen LogP contribution is -2.21. The van der Waals surface area contributed by atoms with Crippen LogP contribution in [0.5, 0.6) is 5.75 Å². The molecule has 0 saturated carbocycles. The molecule has 0 aliphatic carbocycles. The largest absolute Gasteiger partial charge is 0.501 e. The maximum absolute atomic E-state index is 12.1. The minimum atomic E-state index is -0.849. The number of rotatable bonds is 2. The van der Waals surface area contributed by atoms with Crippen LogP contribution >= 0.6 is 0 Å². The molecule has 2 aromatic rings. The van der Waals surface area contributed by atoms with Crippen molar-refractivity contribution in [3.63, 3.8) is 0 Å². The molecular formula is C15H21N3O4. The number of hydrogen-bond acceptors (Lipinski definition) is 6. The minimum absolute atomic E-state index is 0.304. The number of nitrogens with zero attached hydrogens (tertiary/aromatic N) is 3. The number of aromatic nitrogens is 2. The summed E-state index contributed by atoms with van der Waals surface area (Å²) in [6.07, 6.45) is 1.55. The lowest BCUT2D eigenvalue weighted by atomic mass is 10.2. The summed E-state index contributed by atoms with van der Waals surface area (Å²) in [6, 6.07) is 1.83. The fourth-order valence-electron chi connectivity index (χ4n) is 1.86. The smallest absolute Gasteiger partial charge is 0.360 e. The maximum Gasteiger partial charge on any atom is 0.360 e. The SMILES string of the molecule is CC.COC(=O)c1nc2c(C)cc(N(C)C)cn2c(=O)c1O. The molecule has 0 aliphatic heterocycles. The zero-order valence-electron chi connectivity index (χ0n) is 13.7. The van der Waals surface area contributed by atoms with Gasteiger partial charge in [-0.3, -0.25) is 9.20 Å². The first-order valence-electron chi connectivity index (χ1n) is 6.88. The first-order chi connectivity index (χ1) is 10.4. The molecule has 0 bridgehead atoms. The van der Waals surface area contributed by atoms with Gasteiger partial charge in [-0.15, -0.1) is 0 Å². The monoisotopic (exact) mass is 307 g/mol. The van der Waals surface area contributed by atoms with E-state index in [0.29, 0.717) is 11.2 Å². The van der Waals surface area contributed by atoms with Crippen LogP contribution < -0.4 is 10.5 Å². The maximum atomic E-state index is 12.1. The number of anilines is 1. The summed E-state index contributed by atoms with van der Waals surface area (Å²) in [5, 5.41) is 9.81. The molecule has 0 radical (unpaired) electrons. The van der Waals surface area contributed by atoms with Crippen molar-refractivity contribution in [2.24, 2.45) is 0 Å². The molecule has 7 nitrogen and oxygen atoms in total. The average molecular weight is 307 g/mol. The second-order valence-electron chi connectivity index (χ2n) is 4.58. The number of hydrogen-bond donors (Lipinski definition) is 1. The highest BCUT2D eigenvalue weighted by Gasteiger charge is 2.20. The van der Waals surface area contributed by atoms with E-state index in [-0.39, 0.29) is 5.69 Å². The van der Waals surface area contributed by atoms with Gasteiger partial charge in [0.15, 0.2) is 5.69 Å². The van der Waals surface area contributed by atoms with Crippen molar-refractivity contribution in [1.82, 2.24) is 9.38 Å². The van der Waals surface area contributed by atoms with Gasteiger partial charge >= 0.3 is 11.5 Å². The summed E-state index contributed by atoms with van der Waals surface area (Å²) in [5.41, 5.74) is 0.710. The highest BCUT2D eigenvalue weighted by molar-refractivity contribution is 5.90. The Morgan fingerprint density at radius 1 is 1.36 bits per heavy atom. The van der Waals surface area contributed by atoms with Crippen molar-refractivity contribution in [2.75, 3.05) is 26.1 Å². The predicted molar refractivity (Wildman–Crippen MR) is 84.9 cm³/mol. The first-order valence-corrected chi connectivity index (χ1v) is 6.88. The fourth-order valence-corrected chi connectivity index (χ4v) is 1.86. The molecule has 0 fully saturated rings. The topological polar surface area (TPSA) is 84.1 Å². The van der Waals surface area contributed by atoms with Crippen LogP contribution in [-0.4, -0.2) is 41.7 Å². The average Bonchev–Trinajstić information content (AvgIpc) is 2.52. The molecule has 2 aromatic heterocycles. The van der Waals surface area contributed by atoms with Gasteiger partial charge in [-0.05, 0) is 18.6 Å². The quantitative estimate of drug-likeness (QED) is 0.848. The molecule has 1 N–H and O–H groups in total. The van der Waals surface area contributed by atoms with Crippen LogP contribution in [0.15, 0.2) is 17.1 Å². The summed E-state index contributed by atoms with van der Waals surface area (Å²) in [5.74, 6) is -1.57. The van der Waals surface area contributed by atoms with Crippen molar-refractivity contribution in [1.29, 1.82) is 0 Å². The summed E-state index contributed by atoms with van der Waals surface area (Å²) in [7, 11) is 4.83. The molecule has 120 valence electrons. The van der Waals surface area contributed by atoms with Gasteiger partial charge in [0.1, 0.15) is 5.65 Å². The number of methoxy groups -OCH3 is 1. The van der Waals surface area contributed by atoms with Crippen molar-refractivity contribution >= 4 is 17.3 Å². The van der Waals surface area contributed by atoms with Crippen LogP contribution in [0.1, 0.15) is 29.9 Å². The van der Waals surface area contributed by atoms with Crippen molar-refractivity contribution in [2.45, 2.75) is 20.8 Å². The Labute approximate surface area is 128 Å². The van der Waals surface area contributed by atoms with E-state index in [1.807, 2.05) is 38.9 Å². The first kappa shape index (κ1) is 17.5. The van der Waals surface area contributed by atoms with Crippen LogP contribution in [0, 0.1) is 6.92 Å². The van der Waals surface area contributed by atoms with Gasteiger partial charge in [0.2, 0.25) is 5.75 Å². The third-order valence-electron chi connectivity index (χ3n) is 2.97. The highest BCUT2D eigenvalue weighted by atomic mass is 16.5. The lowest BCUT2D eigenvalue weighted by Gasteiger charge is -2.15. The molecule has 2 heterocycles. The van der Waals surface area contributed by atoms with Crippen molar-refractivity contribution < 1.29 is 14.6 Å². The summed E-state index contributed by atoms with van der Waals surface area (Å²) in [4.78, 5) is 29.5. The number of fused-ring (bicyclic) bond motifs is 1. The van der Waals surface area contributed by atoms with Gasteiger partial charge in [0, 0.05) is 20.3 Å². The summed E-state index contributed by atoms with van der Waals surface area (Å²) < 4.78 is 5.72. The Bertz CT molecular complexity index is 751. The number of carbonyl (C=O) groups is 1. The Morgan fingerprint density at radius 2 is 1.95 bits per heavy atom. The van der Waals surface area contributed by atoms with Gasteiger partial charge in [-0.1, -0.05) is 13.8 Å². The third kappa shape index (κ3) is 3.03. The van der Waals surface area contributed by atoms with Gasteiger partial charge in [0.05, 0.1) is 12.8 Å². The summed E-state index contributed by atoms with van der Waals surface area (Å²) in [6.45, 7) is 5.77. The van der Waals surface area contributed by atoms with Crippen LogP contribution in [-0.2, 0) is 4.74 Å². The van der Waals surface area contributed by atoms with Crippen LogP contribution in [0.2, 0.25) is 0 Å². The number of aryl methyl sites for hydroxylation is 1. The number of ether oxygens (including phenoxy) is 1. The fraction of sp³-hybridized carbons (Fsp3) is 0.400. The molecule has 7 heteroatoms. The van der Waals surface area contributed by atoms with Gasteiger partial charge in [0.25, 0.3) is 0 Å². The van der Waals surface area contributed by atoms with Crippen LogP contribution in [0.25, 0.3) is 5.65 Å². The Hall–Kier alpha value is -2.57. The van der Waals surface area contributed by atoms with Crippen LogP contribution in [0.4, 0.5) is 5.69 Å². The predicted octanol–water partition coefficient (Wildman–Crippen LogP) is 1.59. The van der Waals surface area contributed by atoms with Gasteiger partial charge < -0.3 is 14.7 Å². The third-order valence-corrected chi connectivity index (χ3v) is 2.97. The molecule has 2 rings (SSSR count). The Kier molecular flexibility index (Phi) is 5.50. The molecule has 0 aliphatic rings. The molecule has 22 heavy (non-hydrogen) atoms. The molecule has 0 atom stereocenters. The highest BCUT2D eigenvalue weighted by Crippen LogP contribution is 2.19. The van der Waals surface area contributed by atoms with Crippen molar-refractivity contribution in [3.05, 3.63) is 33.9 Å². The summed E-state index contributed by atoms with van der Waals surface area (Å²) >= 11 is 0.